The van der Waals surface area contributed by atoms with Crippen LogP contribution in [0.3, 0.4) is 0 Å². The van der Waals surface area contributed by atoms with Crippen molar-refractivity contribution in [3.63, 3.8) is 0 Å². The molecule has 1 aliphatic heterocycles. The van der Waals surface area contributed by atoms with Gasteiger partial charge < -0.3 is 19.5 Å². The maximum Gasteiger partial charge on any atom is 0.225 e. The van der Waals surface area contributed by atoms with Gasteiger partial charge in [0.2, 0.25) is 5.91 Å². The summed E-state index contributed by atoms with van der Waals surface area (Å²) in [5, 5.41) is 10.9. The van der Waals surface area contributed by atoms with Crippen molar-refractivity contribution < 1.29 is 19.4 Å². The number of β-amino-alcohol motifs (C(OH)–C–C–N with tert-alkyl or cyclic N) is 1. The highest BCUT2D eigenvalue weighted by Crippen LogP contribution is 2.28. The van der Waals surface area contributed by atoms with Crippen LogP contribution in [0.25, 0.3) is 0 Å². The normalized spacial score (nSPS) is 25.5. The van der Waals surface area contributed by atoms with Crippen molar-refractivity contribution in [2.75, 3.05) is 32.9 Å². The highest BCUT2D eigenvalue weighted by atomic mass is 16.5. The molecule has 132 valence electrons. The fraction of sp³-hybridized carbons (Fsp3) is 0.632. The van der Waals surface area contributed by atoms with E-state index in [1.165, 1.54) is 0 Å². The number of hydrogen-bond acceptors (Lipinski definition) is 4. The van der Waals surface area contributed by atoms with E-state index < -0.39 is 5.60 Å². The smallest absolute Gasteiger partial charge is 0.225 e. The third-order valence-electron chi connectivity index (χ3n) is 4.87. The van der Waals surface area contributed by atoms with E-state index in [0.717, 1.165) is 37.0 Å². The van der Waals surface area contributed by atoms with Crippen LogP contribution < -0.4 is 4.74 Å². The maximum absolute atomic E-state index is 12.7. The van der Waals surface area contributed by atoms with Crippen LogP contribution >= 0.6 is 0 Å². The van der Waals surface area contributed by atoms with Crippen molar-refractivity contribution in [2.24, 2.45) is 5.92 Å². The number of benzene rings is 1. The summed E-state index contributed by atoms with van der Waals surface area (Å²) in [6.45, 7) is 3.58. The van der Waals surface area contributed by atoms with Gasteiger partial charge in [0, 0.05) is 12.5 Å². The van der Waals surface area contributed by atoms with Crippen LogP contribution in [0.2, 0.25) is 0 Å². The lowest BCUT2D eigenvalue weighted by Gasteiger charge is -2.32. The van der Waals surface area contributed by atoms with Crippen LogP contribution in [0.5, 0.6) is 5.75 Å². The summed E-state index contributed by atoms with van der Waals surface area (Å²) in [6.07, 6.45) is 4.19. The molecule has 0 radical (unpaired) electrons. The number of carbonyl (C=O) groups excluding carboxylic acids is 1. The zero-order valence-electron chi connectivity index (χ0n) is 14.4. The molecule has 5 heteroatoms. The summed E-state index contributed by atoms with van der Waals surface area (Å²) in [5.41, 5.74) is -0.0660. The fourth-order valence-electron chi connectivity index (χ4n) is 3.55. The number of aliphatic hydroxyl groups is 1. The summed E-state index contributed by atoms with van der Waals surface area (Å²) in [4.78, 5) is 14.4. The molecule has 2 fully saturated rings. The van der Waals surface area contributed by atoms with Crippen LogP contribution in [0, 0.1) is 12.8 Å². The number of ether oxygens (including phenoxy) is 2. The van der Waals surface area contributed by atoms with Gasteiger partial charge >= 0.3 is 0 Å². The first-order valence-corrected chi connectivity index (χ1v) is 8.84. The quantitative estimate of drug-likeness (QED) is 0.917. The van der Waals surface area contributed by atoms with Crippen molar-refractivity contribution in [1.29, 1.82) is 0 Å². The second-order valence-electron chi connectivity index (χ2n) is 7.12. The van der Waals surface area contributed by atoms with E-state index in [2.05, 4.69) is 0 Å². The average molecular weight is 333 g/mol. The highest BCUT2D eigenvalue weighted by Gasteiger charge is 2.37. The van der Waals surface area contributed by atoms with Crippen LogP contribution in [0.1, 0.15) is 31.2 Å². The summed E-state index contributed by atoms with van der Waals surface area (Å²) in [5.74, 6) is 0.998. The Bertz CT molecular complexity index is 570. The molecule has 24 heavy (non-hydrogen) atoms. The SMILES string of the molecule is Cc1cccc(OCC2(O)COCCN(C(=O)C3CCCC3)C2)c1. The lowest BCUT2D eigenvalue weighted by molar-refractivity contribution is -0.139. The Morgan fingerprint density at radius 3 is 2.96 bits per heavy atom. The van der Waals surface area contributed by atoms with Gasteiger partial charge in [0.25, 0.3) is 0 Å². The van der Waals surface area contributed by atoms with Crippen molar-refractivity contribution in [3.05, 3.63) is 29.8 Å². The van der Waals surface area contributed by atoms with Gasteiger partial charge in [-0.2, -0.15) is 0 Å². The van der Waals surface area contributed by atoms with E-state index >= 15 is 0 Å². The molecule has 0 spiro atoms. The van der Waals surface area contributed by atoms with Gasteiger partial charge in [0.1, 0.15) is 18.0 Å². The Kier molecular flexibility index (Phi) is 5.41. The minimum Gasteiger partial charge on any atom is -0.490 e. The molecule has 1 unspecified atom stereocenters. The summed E-state index contributed by atoms with van der Waals surface area (Å²) >= 11 is 0. The molecule has 1 saturated carbocycles. The Balaban J connectivity index is 1.63. The van der Waals surface area contributed by atoms with E-state index in [-0.39, 0.29) is 31.6 Å². The van der Waals surface area contributed by atoms with Crippen LogP contribution in [0.4, 0.5) is 0 Å². The minimum atomic E-state index is -1.17. The molecule has 3 rings (SSSR count). The van der Waals surface area contributed by atoms with E-state index in [4.69, 9.17) is 9.47 Å². The molecule has 1 N–H and O–H groups in total. The lowest BCUT2D eigenvalue weighted by atomic mass is 10.0. The number of hydrogen-bond donors (Lipinski definition) is 1. The summed E-state index contributed by atoms with van der Waals surface area (Å²) < 4.78 is 11.3. The second kappa shape index (κ2) is 7.53. The van der Waals surface area contributed by atoms with Gasteiger partial charge in [-0.1, -0.05) is 25.0 Å². The molecule has 1 aromatic rings. The summed E-state index contributed by atoms with van der Waals surface area (Å²) in [7, 11) is 0. The van der Waals surface area contributed by atoms with E-state index in [1.54, 1.807) is 4.90 Å². The zero-order valence-corrected chi connectivity index (χ0v) is 14.4. The largest absolute Gasteiger partial charge is 0.490 e. The molecule has 1 heterocycles. The lowest BCUT2D eigenvalue weighted by Crippen LogP contribution is -2.51. The summed E-state index contributed by atoms with van der Waals surface area (Å²) in [6, 6.07) is 7.73. The van der Waals surface area contributed by atoms with Gasteiger partial charge in [-0.15, -0.1) is 0 Å². The highest BCUT2D eigenvalue weighted by molar-refractivity contribution is 5.79. The average Bonchev–Trinajstić information content (AvgIpc) is 3.03. The first-order valence-electron chi connectivity index (χ1n) is 8.84. The van der Waals surface area contributed by atoms with Gasteiger partial charge in [-0.3, -0.25) is 4.79 Å². The zero-order chi connectivity index (χ0) is 17.0. The second-order valence-corrected chi connectivity index (χ2v) is 7.12. The number of carbonyl (C=O) groups is 1. The molecule has 0 aromatic heterocycles. The molecule has 2 aliphatic rings. The van der Waals surface area contributed by atoms with Crippen molar-refractivity contribution in [3.8, 4) is 5.75 Å². The van der Waals surface area contributed by atoms with Gasteiger partial charge in [-0.25, -0.2) is 0 Å². The molecule has 1 amide bonds. The third kappa shape index (κ3) is 4.28. The molecule has 1 saturated heterocycles. The molecule has 0 bridgehead atoms. The standard InChI is InChI=1S/C19H27NO4/c1-15-5-4-8-17(11-15)24-14-19(22)12-20(9-10-23-13-19)18(21)16-6-2-3-7-16/h4-5,8,11,16,22H,2-3,6-7,9-10,12-14H2,1H3. The van der Waals surface area contributed by atoms with E-state index in [9.17, 15) is 9.90 Å². The molecule has 5 nitrogen and oxygen atoms in total. The molecular weight excluding hydrogens is 306 g/mol. The van der Waals surface area contributed by atoms with Gasteiger partial charge in [0.15, 0.2) is 0 Å². The monoisotopic (exact) mass is 333 g/mol. The topological polar surface area (TPSA) is 59.0 Å². The first kappa shape index (κ1) is 17.2. The van der Waals surface area contributed by atoms with Crippen LogP contribution in [-0.4, -0.2) is 54.4 Å². The minimum absolute atomic E-state index is 0.116. The van der Waals surface area contributed by atoms with E-state index in [1.807, 2.05) is 31.2 Å². The number of rotatable bonds is 4. The number of nitrogens with zero attached hydrogens (tertiary/aromatic N) is 1. The molecule has 1 aromatic carbocycles. The van der Waals surface area contributed by atoms with Gasteiger partial charge in [-0.05, 0) is 37.5 Å². The Morgan fingerprint density at radius 2 is 2.21 bits per heavy atom. The molecule has 1 aliphatic carbocycles. The predicted octanol–water partition coefficient (Wildman–Crippen LogP) is 2.15. The number of amides is 1. The van der Waals surface area contributed by atoms with Crippen molar-refractivity contribution >= 4 is 5.91 Å². The molecule has 1 atom stereocenters. The Labute approximate surface area is 143 Å². The maximum atomic E-state index is 12.7. The first-order chi connectivity index (χ1) is 11.6. The van der Waals surface area contributed by atoms with Crippen LogP contribution in [-0.2, 0) is 9.53 Å². The predicted molar refractivity (Wildman–Crippen MR) is 91.0 cm³/mol. The van der Waals surface area contributed by atoms with Crippen LogP contribution in [0.15, 0.2) is 24.3 Å². The van der Waals surface area contributed by atoms with Crippen molar-refractivity contribution in [2.45, 2.75) is 38.2 Å². The Morgan fingerprint density at radius 1 is 1.42 bits per heavy atom. The van der Waals surface area contributed by atoms with Gasteiger partial charge in [0.05, 0.1) is 19.8 Å². The molecular formula is C19H27NO4. The fourth-order valence-corrected chi connectivity index (χ4v) is 3.55. The number of aryl methyl sites for hydroxylation is 1. The van der Waals surface area contributed by atoms with Crippen molar-refractivity contribution in [1.82, 2.24) is 4.90 Å². The van der Waals surface area contributed by atoms with E-state index in [0.29, 0.717) is 13.2 Å². The Hall–Kier alpha value is -1.59. The third-order valence-corrected chi connectivity index (χ3v) is 4.87.